The highest BCUT2D eigenvalue weighted by Gasteiger charge is 2.47. The van der Waals surface area contributed by atoms with Crippen LogP contribution in [0.1, 0.15) is 32.6 Å². The molecule has 1 aliphatic carbocycles. The first-order chi connectivity index (χ1) is 8.15. The number of esters is 1. The average Bonchev–Trinajstić information content (AvgIpc) is 2.87. The van der Waals surface area contributed by atoms with E-state index in [1.165, 1.54) is 0 Å². The van der Waals surface area contributed by atoms with Crippen molar-refractivity contribution in [1.29, 1.82) is 0 Å². The van der Waals surface area contributed by atoms with Gasteiger partial charge in [0.15, 0.2) is 6.10 Å². The summed E-state index contributed by atoms with van der Waals surface area (Å²) in [7, 11) is 0. The molecule has 1 fully saturated rings. The summed E-state index contributed by atoms with van der Waals surface area (Å²) in [6.07, 6.45) is 2.22. The molecule has 1 heterocycles. The second kappa shape index (κ2) is 4.91. The standard InChI is InChI=1S/C11H17NO5/c1-2-16-11(14)8-9(13)10(17-12(8)15)7-5-3-4-6-7/h7,9-10,13H,2-6H2,1H3/t9-,10+/m0/s1. The van der Waals surface area contributed by atoms with Crippen LogP contribution in [-0.2, 0) is 14.4 Å². The van der Waals surface area contributed by atoms with Gasteiger partial charge in [0.1, 0.15) is 6.10 Å². The topological polar surface area (TPSA) is 81.8 Å². The highest BCUT2D eigenvalue weighted by molar-refractivity contribution is 6.36. The Labute approximate surface area is 99.4 Å². The van der Waals surface area contributed by atoms with Crippen molar-refractivity contribution in [2.75, 3.05) is 6.61 Å². The second-order valence-corrected chi connectivity index (χ2v) is 4.42. The zero-order valence-corrected chi connectivity index (χ0v) is 9.80. The lowest BCUT2D eigenvalue weighted by atomic mass is 9.94. The van der Waals surface area contributed by atoms with Gasteiger partial charge in [-0.15, -0.1) is 0 Å². The van der Waals surface area contributed by atoms with Crippen LogP contribution in [0.2, 0.25) is 0 Å². The van der Waals surface area contributed by atoms with Gasteiger partial charge in [0.05, 0.1) is 11.5 Å². The molecule has 0 radical (unpaired) electrons. The third-order valence-electron chi connectivity index (χ3n) is 3.35. The van der Waals surface area contributed by atoms with Gasteiger partial charge in [0.2, 0.25) is 0 Å². The van der Waals surface area contributed by atoms with Gasteiger partial charge < -0.3 is 14.7 Å². The molecule has 2 rings (SSSR count). The lowest BCUT2D eigenvalue weighted by Gasteiger charge is -2.21. The Balaban J connectivity index is 2.07. The van der Waals surface area contributed by atoms with Crippen LogP contribution < -0.4 is 0 Å². The highest BCUT2D eigenvalue weighted by Crippen LogP contribution is 2.33. The largest absolute Gasteiger partial charge is 0.458 e. The molecule has 2 atom stereocenters. The van der Waals surface area contributed by atoms with Crippen molar-refractivity contribution >= 4 is 11.7 Å². The molecule has 6 nitrogen and oxygen atoms in total. The number of carbonyl (C=O) groups excluding carboxylic acids is 1. The van der Waals surface area contributed by atoms with Crippen LogP contribution in [0.25, 0.3) is 0 Å². The fourth-order valence-corrected chi connectivity index (χ4v) is 2.52. The quantitative estimate of drug-likeness (QED) is 0.572. The van der Waals surface area contributed by atoms with E-state index in [1.54, 1.807) is 6.92 Å². The van der Waals surface area contributed by atoms with Gasteiger partial charge in [-0.3, -0.25) is 5.21 Å². The number of rotatable bonds is 3. The summed E-state index contributed by atoms with van der Waals surface area (Å²) in [5, 5.41) is 21.4. The maximum Gasteiger partial charge on any atom is 0.408 e. The molecule has 2 aliphatic rings. The van der Waals surface area contributed by atoms with E-state index in [4.69, 9.17) is 9.57 Å². The minimum Gasteiger partial charge on any atom is -0.458 e. The molecule has 0 bridgehead atoms. The van der Waals surface area contributed by atoms with Gasteiger partial charge >= 0.3 is 11.7 Å². The lowest BCUT2D eigenvalue weighted by molar-refractivity contribution is -0.742. The molecule has 0 unspecified atom stereocenters. The highest BCUT2D eigenvalue weighted by atomic mass is 16.9. The molecule has 1 saturated carbocycles. The van der Waals surface area contributed by atoms with E-state index in [1.807, 2.05) is 0 Å². The molecule has 0 aromatic heterocycles. The summed E-state index contributed by atoms with van der Waals surface area (Å²) in [4.78, 5) is 16.6. The summed E-state index contributed by atoms with van der Waals surface area (Å²) in [6.45, 7) is 1.81. The van der Waals surface area contributed by atoms with Gasteiger partial charge in [0.25, 0.3) is 0 Å². The minimum absolute atomic E-state index is 0.117. The SMILES string of the molecule is CCOC(=O)C1=[N+]([O-])O[C@H](C2CCCC2)[C@H]1O. The fraction of sp³-hybridized carbons (Fsp3) is 0.818. The van der Waals surface area contributed by atoms with Crippen LogP contribution in [0.5, 0.6) is 0 Å². The number of ether oxygens (including phenoxy) is 1. The van der Waals surface area contributed by atoms with Gasteiger partial charge in [-0.25, -0.2) is 4.79 Å². The first-order valence-corrected chi connectivity index (χ1v) is 6.01. The van der Waals surface area contributed by atoms with Gasteiger partial charge in [-0.1, -0.05) is 12.8 Å². The molecular formula is C11H17NO5. The first kappa shape index (κ1) is 12.2. The van der Waals surface area contributed by atoms with Gasteiger partial charge in [0, 0.05) is 0 Å². The molecular weight excluding hydrogens is 226 g/mol. The van der Waals surface area contributed by atoms with Crippen molar-refractivity contribution < 1.29 is 24.4 Å². The summed E-state index contributed by atoms with van der Waals surface area (Å²) in [6, 6.07) is 0. The van der Waals surface area contributed by atoms with Crippen LogP contribution in [0.4, 0.5) is 0 Å². The number of hydrogen-bond acceptors (Lipinski definition) is 5. The number of nitrogens with zero attached hydrogens (tertiary/aromatic N) is 1. The Morgan fingerprint density at radius 1 is 1.59 bits per heavy atom. The summed E-state index contributed by atoms with van der Waals surface area (Å²) in [5.41, 5.74) is -0.330. The zero-order valence-electron chi connectivity index (χ0n) is 9.80. The van der Waals surface area contributed by atoms with E-state index in [2.05, 4.69) is 0 Å². The van der Waals surface area contributed by atoms with Crippen molar-refractivity contribution in [2.45, 2.75) is 44.8 Å². The summed E-state index contributed by atoms with van der Waals surface area (Å²) < 4.78 is 4.72. The molecule has 0 aromatic carbocycles. The number of hydrogen-bond donors (Lipinski definition) is 1. The van der Waals surface area contributed by atoms with Crippen LogP contribution in [-0.4, -0.2) is 40.5 Å². The molecule has 0 amide bonds. The van der Waals surface area contributed by atoms with E-state index in [9.17, 15) is 15.1 Å². The molecule has 0 spiro atoms. The smallest absolute Gasteiger partial charge is 0.408 e. The van der Waals surface area contributed by atoms with Crippen molar-refractivity contribution in [3.63, 3.8) is 0 Å². The maximum atomic E-state index is 11.5. The van der Waals surface area contributed by atoms with Crippen LogP contribution in [0.3, 0.4) is 0 Å². The normalized spacial score (nSPS) is 29.5. The Morgan fingerprint density at radius 3 is 2.82 bits per heavy atom. The molecule has 1 aliphatic heterocycles. The first-order valence-electron chi connectivity index (χ1n) is 6.01. The zero-order chi connectivity index (χ0) is 12.4. The molecule has 17 heavy (non-hydrogen) atoms. The summed E-state index contributed by atoms with van der Waals surface area (Å²) >= 11 is 0. The predicted molar refractivity (Wildman–Crippen MR) is 58.1 cm³/mol. The third-order valence-corrected chi connectivity index (χ3v) is 3.35. The number of carbonyl (C=O) groups is 1. The molecule has 96 valence electrons. The van der Waals surface area contributed by atoms with Crippen LogP contribution in [0.15, 0.2) is 0 Å². The van der Waals surface area contributed by atoms with E-state index in [0.29, 0.717) is 0 Å². The van der Waals surface area contributed by atoms with E-state index >= 15 is 0 Å². The van der Waals surface area contributed by atoms with E-state index in [0.717, 1.165) is 25.7 Å². The van der Waals surface area contributed by atoms with Crippen molar-refractivity contribution in [1.82, 2.24) is 0 Å². The fourth-order valence-electron chi connectivity index (χ4n) is 2.52. The van der Waals surface area contributed by atoms with Crippen LogP contribution >= 0.6 is 0 Å². The van der Waals surface area contributed by atoms with Crippen molar-refractivity contribution in [3.8, 4) is 0 Å². The molecule has 1 N–H and O–H groups in total. The minimum atomic E-state index is -1.17. The monoisotopic (exact) mass is 243 g/mol. The third kappa shape index (κ3) is 2.22. The van der Waals surface area contributed by atoms with Crippen molar-refractivity contribution in [3.05, 3.63) is 5.21 Å². The number of aliphatic hydroxyl groups is 1. The number of aliphatic hydroxyl groups excluding tert-OH is 1. The average molecular weight is 243 g/mol. The Morgan fingerprint density at radius 2 is 2.24 bits per heavy atom. The maximum absolute atomic E-state index is 11.5. The molecule has 0 aromatic rings. The molecule has 6 heteroatoms. The van der Waals surface area contributed by atoms with Gasteiger partial charge in [-0.2, -0.15) is 0 Å². The lowest BCUT2D eigenvalue weighted by Crippen LogP contribution is -2.38. The second-order valence-electron chi connectivity index (χ2n) is 4.42. The predicted octanol–water partition coefficient (Wildman–Crippen LogP) is 0.366. The Bertz CT molecular complexity index is 335. The van der Waals surface area contributed by atoms with E-state index < -0.39 is 18.2 Å². The Hall–Kier alpha value is -1.30. The molecule has 0 saturated heterocycles. The Kier molecular flexibility index (Phi) is 3.51. The van der Waals surface area contributed by atoms with Gasteiger partial charge in [-0.05, 0) is 25.7 Å². The van der Waals surface area contributed by atoms with Crippen LogP contribution in [0, 0.1) is 11.1 Å². The van der Waals surface area contributed by atoms with Crippen molar-refractivity contribution in [2.24, 2.45) is 5.92 Å². The van der Waals surface area contributed by atoms with E-state index in [-0.39, 0.29) is 23.1 Å². The summed E-state index contributed by atoms with van der Waals surface area (Å²) in [5.74, 6) is -0.649.